The van der Waals surface area contributed by atoms with Crippen molar-refractivity contribution in [2.24, 2.45) is 0 Å². The molecule has 0 spiro atoms. The molecule has 1 aliphatic carbocycles. The second kappa shape index (κ2) is 6.96. The van der Waals surface area contributed by atoms with E-state index in [-0.39, 0.29) is 13.6 Å². The molecule has 0 amide bonds. The van der Waals surface area contributed by atoms with Gasteiger partial charge in [-0.25, -0.2) is 4.39 Å². The Hall–Kier alpha value is -0.840. The summed E-state index contributed by atoms with van der Waals surface area (Å²) < 4.78 is 96.8. The maximum Gasteiger partial charge on any atom is 0.433 e. The lowest BCUT2D eigenvalue weighted by Gasteiger charge is -2.45. The molecule has 0 N–H and O–H groups in total. The van der Waals surface area contributed by atoms with Crippen molar-refractivity contribution >= 4 is 45.2 Å². The molecule has 0 saturated heterocycles. The molecule has 26 heavy (non-hydrogen) atoms. The number of nitrogens with zero attached hydrogens (tertiary/aromatic N) is 1. The maximum atomic E-state index is 15.2. The first kappa shape index (κ1) is 21.5. The van der Waals surface area contributed by atoms with Crippen molar-refractivity contribution in [1.29, 1.82) is 5.26 Å². The summed E-state index contributed by atoms with van der Waals surface area (Å²) in [5.74, 6) is 0. The molecule has 0 aromatic heterocycles. The molecule has 10 heteroatoms. The first-order valence-electron chi connectivity index (χ1n) is 6.86. The fraction of sp³-hybridized carbons (Fsp3) is 0.312. The molecule has 2 rings (SSSR count). The number of hydrogen-bond acceptors (Lipinski definition) is 1. The Morgan fingerprint density at radius 2 is 1.35 bits per heavy atom. The van der Waals surface area contributed by atoms with Crippen LogP contribution in [0.4, 0.5) is 30.7 Å². The van der Waals surface area contributed by atoms with E-state index >= 15 is 4.39 Å². The monoisotopic (exact) mass is 601 g/mol. The van der Waals surface area contributed by atoms with Crippen molar-refractivity contribution in [2.45, 2.75) is 29.9 Å². The zero-order valence-corrected chi connectivity index (χ0v) is 16.8. The van der Waals surface area contributed by atoms with Gasteiger partial charge in [0.2, 0.25) is 0 Å². The van der Waals surface area contributed by atoms with E-state index < -0.39 is 34.6 Å². The number of allylic oxidation sites excluding steroid dienone is 4. The largest absolute Gasteiger partial charge is 0.433 e. The number of alkyl halides is 7. The van der Waals surface area contributed by atoms with E-state index in [0.29, 0.717) is 12.2 Å². The zero-order valence-electron chi connectivity index (χ0n) is 12.5. The van der Waals surface area contributed by atoms with Crippen LogP contribution in [0.15, 0.2) is 43.6 Å². The Labute approximate surface area is 171 Å². The molecule has 0 saturated carbocycles. The van der Waals surface area contributed by atoms with E-state index in [1.807, 2.05) is 0 Å². The summed E-state index contributed by atoms with van der Waals surface area (Å²) in [6, 6.07) is 5.98. The molecule has 0 radical (unpaired) electrons. The Balaban J connectivity index is 3.05. The van der Waals surface area contributed by atoms with Gasteiger partial charge in [-0.15, -0.1) is 0 Å². The molecule has 0 heterocycles. The third-order valence-corrected chi connectivity index (χ3v) is 5.34. The number of rotatable bonds is 2. The molecule has 1 aromatic rings. The van der Waals surface area contributed by atoms with Gasteiger partial charge in [0.05, 0.1) is 17.0 Å². The van der Waals surface area contributed by atoms with Gasteiger partial charge in [-0.1, -0.05) is 30.4 Å². The summed E-state index contributed by atoms with van der Waals surface area (Å²) in [5, 5.41) is 9.19. The van der Waals surface area contributed by atoms with E-state index in [9.17, 15) is 31.6 Å². The first-order valence-corrected chi connectivity index (χ1v) is 9.02. The average Bonchev–Trinajstić information content (AvgIpc) is 2.50. The molecule has 140 valence electrons. The smallest absolute Gasteiger partial charge is 0.222 e. The molecule has 1 aliphatic rings. The predicted molar refractivity (Wildman–Crippen MR) is 97.6 cm³/mol. The fourth-order valence-electron chi connectivity index (χ4n) is 2.91. The SMILES string of the molecule is N#Cc1ccccc1C1(C(F)(C(F)(F)F)C(F)(F)F)C=C(I)CC(I)=C1. The molecular formula is C16H8F7I2N. The average molecular weight is 601 g/mol. The van der Waals surface area contributed by atoms with Gasteiger partial charge >= 0.3 is 18.0 Å². The van der Waals surface area contributed by atoms with E-state index in [4.69, 9.17) is 0 Å². The molecule has 0 aliphatic heterocycles. The van der Waals surface area contributed by atoms with Crippen LogP contribution in [0.25, 0.3) is 0 Å². The van der Waals surface area contributed by atoms with Crippen molar-refractivity contribution in [1.82, 2.24) is 0 Å². The van der Waals surface area contributed by atoms with E-state index in [2.05, 4.69) is 0 Å². The van der Waals surface area contributed by atoms with Crippen LogP contribution in [0.2, 0.25) is 0 Å². The fourth-order valence-corrected chi connectivity index (χ4v) is 5.44. The van der Waals surface area contributed by atoms with Gasteiger partial charge in [0.25, 0.3) is 0 Å². The molecule has 1 nitrogen and oxygen atoms in total. The van der Waals surface area contributed by atoms with Crippen LogP contribution in [-0.2, 0) is 5.41 Å². The minimum atomic E-state index is -6.27. The predicted octanol–water partition coefficient (Wildman–Crippen LogP) is 6.67. The lowest BCUT2D eigenvalue weighted by atomic mass is 9.64. The first-order chi connectivity index (χ1) is 11.8. The van der Waals surface area contributed by atoms with Crippen LogP contribution in [0.1, 0.15) is 17.5 Å². The van der Waals surface area contributed by atoms with Gasteiger partial charge in [-0.3, -0.25) is 0 Å². The lowest BCUT2D eigenvalue weighted by Crippen LogP contribution is -2.65. The van der Waals surface area contributed by atoms with Crippen LogP contribution in [0.5, 0.6) is 0 Å². The van der Waals surface area contributed by atoms with Gasteiger partial charge in [-0.05, 0) is 64.0 Å². The molecule has 0 fully saturated rings. The Morgan fingerprint density at radius 1 is 0.885 bits per heavy atom. The molecular weight excluding hydrogens is 593 g/mol. The van der Waals surface area contributed by atoms with Gasteiger partial charge in [-0.2, -0.15) is 31.6 Å². The molecule has 0 unspecified atom stereocenters. The van der Waals surface area contributed by atoms with Crippen molar-refractivity contribution in [3.63, 3.8) is 0 Å². The number of nitriles is 1. The highest BCUT2D eigenvalue weighted by molar-refractivity contribution is 14.1. The van der Waals surface area contributed by atoms with Crippen molar-refractivity contribution < 1.29 is 30.7 Å². The number of hydrogen-bond donors (Lipinski definition) is 0. The van der Waals surface area contributed by atoms with Crippen LogP contribution >= 0.6 is 45.2 Å². The highest BCUT2D eigenvalue weighted by Gasteiger charge is 2.81. The second-order valence-electron chi connectivity index (χ2n) is 5.54. The third kappa shape index (κ3) is 3.25. The summed E-state index contributed by atoms with van der Waals surface area (Å²) in [6.07, 6.45) is -11.2. The molecule has 0 bridgehead atoms. The van der Waals surface area contributed by atoms with Crippen molar-refractivity contribution in [2.75, 3.05) is 0 Å². The topological polar surface area (TPSA) is 23.8 Å². The Morgan fingerprint density at radius 3 is 1.77 bits per heavy atom. The quantitative estimate of drug-likeness (QED) is 0.275. The van der Waals surface area contributed by atoms with Crippen LogP contribution < -0.4 is 0 Å². The van der Waals surface area contributed by atoms with Gasteiger partial charge in [0, 0.05) is 6.42 Å². The van der Waals surface area contributed by atoms with Crippen molar-refractivity contribution in [3.05, 3.63) is 54.7 Å². The van der Waals surface area contributed by atoms with E-state index in [1.165, 1.54) is 12.1 Å². The van der Waals surface area contributed by atoms with Gasteiger partial charge in [0.15, 0.2) is 0 Å². The minimum Gasteiger partial charge on any atom is -0.222 e. The number of halogens is 9. The summed E-state index contributed by atoms with van der Waals surface area (Å²) in [6.45, 7) is 0. The van der Waals surface area contributed by atoms with Gasteiger partial charge < -0.3 is 0 Å². The summed E-state index contributed by atoms with van der Waals surface area (Å²) in [5.41, 5.74) is -10.0. The standard InChI is InChI=1S/C16H8F7I2N/c17-14(15(18,19)20,16(21,22)23)13(6-10(24)5-11(25)7-13)12-4-2-1-3-9(12)8-26/h1-4,6-7H,5H2. The highest BCUT2D eigenvalue weighted by Crippen LogP contribution is 2.60. The van der Waals surface area contributed by atoms with Crippen LogP contribution in [0, 0.1) is 11.3 Å². The summed E-state index contributed by atoms with van der Waals surface area (Å²) in [7, 11) is 0. The Kier molecular flexibility index (Phi) is 5.74. The van der Waals surface area contributed by atoms with E-state index in [0.717, 1.165) is 12.1 Å². The highest BCUT2D eigenvalue weighted by atomic mass is 127. The number of benzene rings is 1. The molecule has 0 atom stereocenters. The third-order valence-electron chi connectivity index (χ3n) is 3.95. The normalized spacial score (nSPS) is 18.0. The molecule has 1 aromatic carbocycles. The second-order valence-corrected chi connectivity index (χ2v) is 8.31. The van der Waals surface area contributed by atoms with E-state index in [1.54, 1.807) is 51.3 Å². The zero-order chi connectivity index (χ0) is 20.0. The lowest BCUT2D eigenvalue weighted by molar-refractivity contribution is -0.354. The summed E-state index contributed by atoms with van der Waals surface area (Å²) >= 11 is 3.15. The van der Waals surface area contributed by atoms with Crippen molar-refractivity contribution in [3.8, 4) is 6.07 Å². The van der Waals surface area contributed by atoms with Crippen LogP contribution in [-0.4, -0.2) is 18.0 Å². The maximum absolute atomic E-state index is 15.2. The van der Waals surface area contributed by atoms with Gasteiger partial charge in [0.1, 0.15) is 0 Å². The Bertz CT molecular complexity index is 783. The summed E-state index contributed by atoms with van der Waals surface area (Å²) in [4.78, 5) is 0. The van der Waals surface area contributed by atoms with Crippen LogP contribution in [0.3, 0.4) is 0 Å². The minimum absolute atomic E-state index is 0.0867.